The van der Waals surface area contributed by atoms with Gasteiger partial charge in [-0.15, -0.1) is 24.8 Å². The monoisotopic (exact) mass is 427 g/mol. The number of amides is 1. The quantitative estimate of drug-likeness (QED) is 0.597. The lowest BCUT2D eigenvalue weighted by Gasteiger charge is -2.32. The second-order valence-corrected chi connectivity index (χ2v) is 6.55. The minimum atomic E-state index is -0.0416. The van der Waals surface area contributed by atoms with Gasteiger partial charge in [0.2, 0.25) is 5.91 Å². The minimum Gasteiger partial charge on any atom is -0.377 e. The third-order valence-corrected chi connectivity index (χ3v) is 4.37. The predicted molar refractivity (Wildman–Crippen MR) is 115 cm³/mol. The van der Waals surface area contributed by atoms with Crippen LogP contribution in [-0.4, -0.2) is 35.6 Å². The van der Waals surface area contributed by atoms with E-state index in [9.17, 15) is 4.79 Å². The zero-order valence-corrected chi connectivity index (χ0v) is 17.4. The van der Waals surface area contributed by atoms with Gasteiger partial charge in [-0.3, -0.25) is 4.79 Å². The largest absolute Gasteiger partial charge is 0.377 e. The van der Waals surface area contributed by atoms with Gasteiger partial charge < -0.3 is 21.1 Å². The van der Waals surface area contributed by atoms with Crippen molar-refractivity contribution in [3.05, 3.63) is 47.9 Å². The molecule has 0 spiro atoms. The van der Waals surface area contributed by atoms with Crippen LogP contribution < -0.4 is 16.4 Å². The summed E-state index contributed by atoms with van der Waals surface area (Å²) in [6.07, 6.45) is 2.24. The van der Waals surface area contributed by atoms with Gasteiger partial charge in [-0.2, -0.15) is 0 Å². The topological polar surface area (TPSA) is 102 Å². The van der Waals surface area contributed by atoms with Gasteiger partial charge in [0.15, 0.2) is 5.82 Å². The molecule has 1 saturated carbocycles. The highest BCUT2D eigenvalue weighted by atomic mass is 35.5. The number of aromatic nitrogens is 2. The van der Waals surface area contributed by atoms with Crippen LogP contribution in [0.15, 0.2) is 36.4 Å². The van der Waals surface area contributed by atoms with Crippen molar-refractivity contribution in [2.75, 3.05) is 24.3 Å². The Hall–Kier alpha value is -1.93. The van der Waals surface area contributed by atoms with Gasteiger partial charge in [0.1, 0.15) is 12.4 Å². The maximum absolute atomic E-state index is 12.0. The van der Waals surface area contributed by atoms with Gasteiger partial charge >= 0.3 is 0 Å². The van der Waals surface area contributed by atoms with E-state index in [0.717, 1.165) is 30.0 Å². The molecule has 9 heteroatoms. The standard InChI is InChI=1S/C19H25N5O2.2ClH/c1-26-12-18-23-16(13-9-14(20)10-13)11-17(24-18)21-8-7-19(25)22-15-5-3-2-4-6-15;;/h2-6,11,13-14H,7-10,12,20H2,1H3,(H,22,25)(H,21,23,24);2*1H. The molecular weight excluding hydrogens is 401 g/mol. The number of halogens is 2. The number of ether oxygens (including phenoxy) is 1. The Bertz CT molecular complexity index is 742. The molecular formula is C19H27Cl2N5O2. The average molecular weight is 428 g/mol. The first kappa shape index (κ1) is 24.1. The number of rotatable bonds is 8. The highest BCUT2D eigenvalue weighted by Crippen LogP contribution is 2.35. The van der Waals surface area contributed by atoms with Crippen molar-refractivity contribution in [3.8, 4) is 0 Å². The fraction of sp³-hybridized carbons (Fsp3) is 0.421. The van der Waals surface area contributed by atoms with Crippen molar-refractivity contribution in [1.29, 1.82) is 0 Å². The van der Waals surface area contributed by atoms with Crippen molar-refractivity contribution < 1.29 is 9.53 Å². The van der Waals surface area contributed by atoms with Crippen LogP contribution in [0, 0.1) is 0 Å². The highest BCUT2D eigenvalue weighted by Gasteiger charge is 2.29. The van der Waals surface area contributed by atoms with E-state index < -0.39 is 0 Å². The lowest BCUT2D eigenvalue weighted by molar-refractivity contribution is -0.115. The molecule has 0 bridgehead atoms. The van der Waals surface area contributed by atoms with E-state index in [2.05, 4.69) is 20.6 Å². The maximum Gasteiger partial charge on any atom is 0.226 e. The van der Waals surface area contributed by atoms with Crippen molar-refractivity contribution in [2.45, 2.75) is 37.8 Å². The summed E-state index contributed by atoms with van der Waals surface area (Å²) in [4.78, 5) is 21.0. The Balaban J connectivity index is 0.00000196. The summed E-state index contributed by atoms with van der Waals surface area (Å²) in [6, 6.07) is 11.6. The van der Waals surface area contributed by atoms with Crippen molar-refractivity contribution >= 4 is 42.2 Å². The average Bonchev–Trinajstić information content (AvgIpc) is 2.60. The van der Waals surface area contributed by atoms with Crippen LogP contribution in [0.5, 0.6) is 0 Å². The Morgan fingerprint density at radius 3 is 2.57 bits per heavy atom. The SMILES string of the molecule is COCc1nc(NCCC(=O)Nc2ccccc2)cc(C2CC(N)C2)n1.Cl.Cl. The number of benzene rings is 1. The number of nitrogens with two attached hydrogens (primary N) is 1. The minimum absolute atomic E-state index is 0. The van der Waals surface area contributed by atoms with E-state index >= 15 is 0 Å². The van der Waals surface area contributed by atoms with E-state index in [4.69, 9.17) is 10.5 Å². The smallest absolute Gasteiger partial charge is 0.226 e. The van der Waals surface area contributed by atoms with Gasteiger partial charge in [-0.25, -0.2) is 9.97 Å². The lowest BCUT2D eigenvalue weighted by Crippen LogP contribution is -2.35. The third kappa shape index (κ3) is 6.91. The van der Waals surface area contributed by atoms with Gasteiger partial charge in [0.25, 0.3) is 0 Å². The summed E-state index contributed by atoms with van der Waals surface area (Å²) in [5.41, 5.74) is 7.68. The Labute approximate surface area is 177 Å². The van der Waals surface area contributed by atoms with E-state index in [1.165, 1.54) is 0 Å². The molecule has 1 fully saturated rings. The van der Waals surface area contributed by atoms with Crippen LogP contribution in [0.2, 0.25) is 0 Å². The number of hydrogen-bond donors (Lipinski definition) is 3. The summed E-state index contributed by atoms with van der Waals surface area (Å²) < 4.78 is 5.16. The molecule has 28 heavy (non-hydrogen) atoms. The molecule has 0 radical (unpaired) electrons. The highest BCUT2D eigenvalue weighted by molar-refractivity contribution is 5.90. The van der Waals surface area contributed by atoms with E-state index in [-0.39, 0.29) is 36.8 Å². The van der Waals surface area contributed by atoms with Crippen LogP contribution in [-0.2, 0) is 16.1 Å². The molecule has 154 valence electrons. The fourth-order valence-corrected chi connectivity index (χ4v) is 2.96. The number of carbonyl (C=O) groups is 1. The number of methoxy groups -OCH3 is 1. The molecule has 2 aromatic rings. The second-order valence-electron chi connectivity index (χ2n) is 6.55. The molecule has 0 atom stereocenters. The fourth-order valence-electron chi connectivity index (χ4n) is 2.96. The zero-order valence-electron chi connectivity index (χ0n) is 15.8. The Morgan fingerprint density at radius 1 is 1.21 bits per heavy atom. The number of anilines is 2. The summed E-state index contributed by atoms with van der Waals surface area (Å²) in [5.74, 6) is 1.70. The first-order valence-electron chi connectivity index (χ1n) is 8.85. The number of carbonyl (C=O) groups excluding carboxylic acids is 1. The summed E-state index contributed by atoms with van der Waals surface area (Å²) >= 11 is 0. The number of hydrogen-bond acceptors (Lipinski definition) is 6. The summed E-state index contributed by atoms with van der Waals surface area (Å²) in [6.45, 7) is 0.849. The van der Waals surface area contributed by atoms with Crippen molar-refractivity contribution in [3.63, 3.8) is 0 Å². The van der Waals surface area contributed by atoms with Crippen LogP contribution in [0.3, 0.4) is 0 Å². The molecule has 1 amide bonds. The molecule has 3 rings (SSSR count). The number of nitrogens with one attached hydrogen (secondary N) is 2. The molecule has 1 aromatic carbocycles. The molecule has 4 N–H and O–H groups in total. The molecule has 0 saturated heterocycles. The van der Waals surface area contributed by atoms with Crippen LogP contribution in [0.1, 0.15) is 36.7 Å². The van der Waals surface area contributed by atoms with Crippen LogP contribution in [0.4, 0.5) is 11.5 Å². The van der Waals surface area contributed by atoms with Crippen molar-refractivity contribution in [1.82, 2.24) is 9.97 Å². The first-order valence-corrected chi connectivity index (χ1v) is 8.85. The van der Waals surface area contributed by atoms with Gasteiger partial charge in [-0.05, 0) is 25.0 Å². The zero-order chi connectivity index (χ0) is 18.4. The Morgan fingerprint density at radius 2 is 1.93 bits per heavy atom. The molecule has 1 aliphatic carbocycles. The van der Waals surface area contributed by atoms with Crippen LogP contribution >= 0.6 is 24.8 Å². The summed E-state index contributed by atoms with van der Waals surface area (Å²) in [7, 11) is 1.62. The van der Waals surface area contributed by atoms with E-state index in [1.54, 1.807) is 7.11 Å². The molecule has 1 aromatic heterocycles. The normalized spacial score (nSPS) is 17.5. The Kier molecular flexibility index (Phi) is 10.2. The molecule has 0 aliphatic heterocycles. The summed E-state index contributed by atoms with van der Waals surface area (Å²) in [5, 5.41) is 6.08. The second kappa shape index (κ2) is 11.8. The maximum atomic E-state index is 12.0. The lowest BCUT2D eigenvalue weighted by atomic mass is 9.78. The molecule has 0 unspecified atom stereocenters. The predicted octanol–water partition coefficient (Wildman–Crippen LogP) is 3.11. The first-order chi connectivity index (χ1) is 12.6. The van der Waals surface area contributed by atoms with E-state index in [1.807, 2.05) is 36.4 Å². The third-order valence-electron chi connectivity index (χ3n) is 4.37. The van der Waals surface area contributed by atoms with E-state index in [0.29, 0.717) is 31.3 Å². The van der Waals surface area contributed by atoms with Crippen LogP contribution in [0.25, 0.3) is 0 Å². The number of nitrogens with zero attached hydrogens (tertiary/aromatic N) is 2. The molecule has 7 nitrogen and oxygen atoms in total. The van der Waals surface area contributed by atoms with Gasteiger partial charge in [0, 0.05) is 49.5 Å². The van der Waals surface area contributed by atoms with Gasteiger partial charge in [-0.1, -0.05) is 18.2 Å². The van der Waals surface area contributed by atoms with Crippen molar-refractivity contribution in [2.24, 2.45) is 5.73 Å². The molecule has 1 heterocycles. The number of para-hydroxylation sites is 1. The van der Waals surface area contributed by atoms with Gasteiger partial charge in [0.05, 0.1) is 0 Å². The molecule has 1 aliphatic rings.